The van der Waals surface area contributed by atoms with Crippen molar-refractivity contribution in [1.29, 1.82) is 0 Å². The average Bonchev–Trinajstić information content (AvgIpc) is 3.07. The minimum atomic E-state index is -3.05. The molecule has 0 radical (unpaired) electrons. The quantitative estimate of drug-likeness (QED) is 0.848. The van der Waals surface area contributed by atoms with Gasteiger partial charge >= 0.3 is 0 Å². The lowest BCUT2D eigenvalue weighted by molar-refractivity contribution is -0.116. The van der Waals surface area contributed by atoms with E-state index in [1.807, 2.05) is 6.92 Å². The number of hydrogen-bond donors (Lipinski definition) is 2. The normalized spacial score (nSPS) is 24.8. The Labute approximate surface area is 145 Å². The van der Waals surface area contributed by atoms with Crippen LogP contribution in [-0.4, -0.2) is 40.7 Å². The molecule has 1 aromatic heterocycles. The summed E-state index contributed by atoms with van der Waals surface area (Å²) in [6.07, 6.45) is 0.808. The summed E-state index contributed by atoms with van der Waals surface area (Å²) in [7, 11) is -3.05. The molecule has 0 aliphatic carbocycles. The summed E-state index contributed by atoms with van der Waals surface area (Å²) in [6, 6.07) is 6.57. The molecule has 1 amide bonds. The number of aromatic nitrogens is 2. The highest BCUT2D eigenvalue weighted by Gasteiger charge is 2.37. The number of benzene rings is 1. The van der Waals surface area contributed by atoms with Crippen LogP contribution in [0.15, 0.2) is 24.3 Å². The van der Waals surface area contributed by atoms with Crippen molar-refractivity contribution in [3.63, 3.8) is 0 Å². The SMILES string of the molecule is Cc1nn(C2CCS(=O)(=O)C2)c2c1C(c1ccc(O)cc1)CC(=O)N2. The topological polar surface area (TPSA) is 101 Å². The third-order valence-electron chi connectivity index (χ3n) is 4.98. The average molecular weight is 361 g/mol. The maximum Gasteiger partial charge on any atom is 0.226 e. The van der Waals surface area contributed by atoms with E-state index >= 15 is 0 Å². The van der Waals surface area contributed by atoms with Gasteiger partial charge in [0, 0.05) is 17.9 Å². The van der Waals surface area contributed by atoms with E-state index in [1.54, 1.807) is 28.9 Å². The van der Waals surface area contributed by atoms with Gasteiger partial charge in [-0.3, -0.25) is 4.79 Å². The smallest absolute Gasteiger partial charge is 0.226 e. The van der Waals surface area contributed by atoms with Gasteiger partial charge in [0.2, 0.25) is 5.91 Å². The molecule has 4 rings (SSSR count). The first-order chi connectivity index (χ1) is 11.8. The van der Waals surface area contributed by atoms with Gasteiger partial charge in [0.1, 0.15) is 11.6 Å². The molecule has 2 atom stereocenters. The number of nitrogens with one attached hydrogen (secondary N) is 1. The van der Waals surface area contributed by atoms with Crippen LogP contribution in [0.25, 0.3) is 0 Å². The number of carbonyl (C=O) groups excluding carboxylic acids is 1. The Kier molecular flexibility index (Phi) is 3.61. The predicted octanol–water partition coefficient (Wildman–Crippen LogP) is 1.73. The van der Waals surface area contributed by atoms with Gasteiger partial charge in [-0.1, -0.05) is 12.1 Å². The number of rotatable bonds is 2. The van der Waals surface area contributed by atoms with Crippen LogP contribution in [0.1, 0.15) is 41.6 Å². The van der Waals surface area contributed by atoms with Gasteiger partial charge in [0.05, 0.1) is 23.2 Å². The highest BCUT2D eigenvalue weighted by molar-refractivity contribution is 7.91. The molecule has 0 spiro atoms. The van der Waals surface area contributed by atoms with Crippen molar-refractivity contribution in [3.8, 4) is 5.75 Å². The van der Waals surface area contributed by atoms with Gasteiger partial charge < -0.3 is 10.4 Å². The molecule has 1 saturated heterocycles. The number of nitrogens with zero attached hydrogens (tertiary/aromatic N) is 2. The van der Waals surface area contributed by atoms with Crippen LogP contribution in [0.4, 0.5) is 5.82 Å². The molecule has 0 saturated carbocycles. The Bertz CT molecular complexity index is 947. The van der Waals surface area contributed by atoms with Crippen LogP contribution in [0.2, 0.25) is 0 Å². The molecular weight excluding hydrogens is 342 g/mol. The van der Waals surface area contributed by atoms with Gasteiger partial charge in [0.25, 0.3) is 0 Å². The Morgan fingerprint density at radius 1 is 1.28 bits per heavy atom. The van der Waals surface area contributed by atoms with E-state index in [1.165, 1.54) is 0 Å². The maximum atomic E-state index is 12.3. The second kappa shape index (κ2) is 5.59. The van der Waals surface area contributed by atoms with Crippen molar-refractivity contribution >= 4 is 21.6 Å². The Hall–Kier alpha value is -2.35. The number of aromatic hydroxyl groups is 1. The molecule has 2 N–H and O–H groups in total. The molecule has 0 bridgehead atoms. The number of hydrogen-bond acceptors (Lipinski definition) is 5. The highest BCUT2D eigenvalue weighted by Crippen LogP contribution is 2.41. The van der Waals surface area contributed by atoms with Gasteiger partial charge in [-0.05, 0) is 31.0 Å². The Morgan fingerprint density at radius 3 is 2.64 bits per heavy atom. The van der Waals surface area contributed by atoms with E-state index < -0.39 is 9.84 Å². The summed E-state index contributed by atoms with van der Waals surface area (Å²) in [5.74, 6) is 0.714. The molecular formula is C17H19N3O4S. The van der Waals surface area contributed by atoms with Crippen LogP contribution in [0, 0.1) is 6.92 Å². The fraction of sp³-hybridized carbons (Fsp3) is 0.412. The molecule has 2 aromatic rings. The zero-order valence-electron chi connectivity index (χ0n) is 13.8. The lowest BCUT2D eigenvalue weighted by atomic mass is 9.86. The summed E-state index contributed by atoms with van der Waals surface area (Å²) in [5, 5.41) is 16.9. The third kappa shape index (κ3) is 2.80. The van der Waals surface area contributed by atoms with Crippen molar-refractivity contribution in [2.24, 2.45) is 0 Å². The van der Waals surface area contributed by atoms with Crippen molar-refractivity contribution in [2.45, 2.75) is 31.7 Å². The second-order valence-electron chi connectivity index (χ2n) is 6.75. The number of sulfone groups is 1. The summed E-state index contributed by atoms with van der Waals surface area (Å²) >= 11 is 0. The summed E-state index contributed by atoms with van der Waals surface area (Å²) in [5.41, 5.74) is 2.64. The minimum absolute atomic E-state index is 0.0559. The van der Waals surface area contributed by atoms with Gasteiger partial charge in [0.15, 0.2) is 9.84 Å². The summed E-state index contributed by atoms with van der Waals surface area (Å²) in [6.45, 7) is 1.88. The number of amides is 1. The molecule has 1 fully saturated rings. The molecule has 1 aromatic carbocycles. The Balaban J connectivity index is 1.79. The van der Waals surface area contributed by atoms with Crippen molar-refractivity contribution in [3.05, 3.63) is 41.1 Å². The molecule has 8 heteroatoms. The largest absolute Gasteiger partial charge is 0.508 e. The fourth-order valence-electron chi connectivity index (χ4n) is 3.80. The lowest BCUT2D eigenvalue weighted by Crippen LogP contribution is -2.26. The number of fused-ring (bicyclic) bond motifs is 1. The van der Waals surface area contributed by atoms with E-state index in [2.05, 4.69) is 10.4 Å². The predicted molar refractivity (Wildman–Crippen MR) is 92.5 cm³/mol. The summed E-state index contributed by atoms with van der Waals surface area (Å²) in [4.78, 5) is 12.3. The first-order valence-electron chi connectivity index (χ1n) is 8.22. The number of carbonyl (C=O) groups is 1. The van der Waals surface area contributed by atoms with Crippen molar-refractivity contribution < 1.29 is 18.3 Å². The number of phenols is 1. The maximum absolute atomic E-state index is 12.3. The van der Waals surface area contributed by atoms with Crippen LogP contribution >= 0.6 is 0 Å². The third-order valence-corrected chi connectivity index (χ3v) is 6.73. The van der Waals surface area contributed by atoms with Crippen molar-refractivity contribution in [1.82, 2.24) is 9.78 Å². The molecule has 2 aliphatic rings. The van der Waals surface area contributed by atoms with Crippen molar-refractivity contribution in [2.75, 3.05) is 16.8 Å². The van der Waals surface area contributed by atoms with Crippen LogP contribution in [-0.2, 0) is 14.6 Å². The molecule has 132 valence electrons. The van der Waals surface area contributed by atoms with Crippen LogP contribution in [0.3, 0.4) is 0 Å². The number of anilines is 1. The summed E-state index contributed by atoms with van der Waals surface area (Å²) < 4.78 is 25.3. The monoisotopic (exact) mass is 361 g/mol. The van der Waals surface area contributed by atoms with Gasteiger partial charge in [-0.25, -0.2) is 13.1 Å². The highest BCUT2D eigenvalue weighted by atomic mass is 32.2. The molecule has 2 unspecified atom stereocenters. The number of phenolic OH excluding ortho intramolecular Hbond substituents is 1. The van der Waals surface area contributed by atoms with E-state index in [4.69, 9.17) is 0 Å². The molecule has 25 heavy (non-hydrogen) atoms. The zero-order valence-corrected chi connectivity index (χ0v) is 14.6. The second-order valence-corrected chi connectivity index (χ2v) is 8.97. The molecule has 3 heterocycles. The Morgan fingerprint density at radius 2 is 2.00 bits per heavy atom. The first kappa shape index (κ1) is 16.1. The molecule has 7 nitrogen and oxygen atoms in total. The fourth-order valence-corrected chi connectivity index (χ4v) is 5.49. The van der Waals surface area contributed by atoms with Gasteiger partial charge in [-0.15, -0.1) is 0 Å². The van der Waals surface area contributed by atoms with E-state index in [0.717, 1.165) is 16.8 Å². The minimum Gasteiger partial charge on any atom is -0.508 e. The molecule has 2 aliphatic heterocycles. The standard InChI is InChI=1S/C17H19N3O4S/c1-10-16-14(11-2-4-13(21)5-3-11)8-15(22)18-17(16)20(19-10)12-6-7-25(23,24)9-12/h2-5,12,14,21H,6-9H2,1H3,(H,18,22). The van der Waals surface area contributed by atoms with Gasteiger partial charge in [-0.2, -0.15) is 5.10 Å². The van der Waals surface area contributed by atoms with Crippen LogP contribution < -0.4 is 5.32 Å². The number of aryl methyl sites for hydroxylation is 1. The zero-order chi connectivity index (χ0) is 17.8. The van der Waals surface area contributed by atoms with E-state index in [-0.39, 0.29) is 35.1 Å². The van der Waals surface area contributed by atoms with E-state index in [9.17, 15) is 18.3 Å². The van der Waals surface area contributed by atoms with Crippen LogP contribution in [0.5, 0.6) is 5.75 Å². The lowest BCUT2D eigenvalue weighted by Gasteiger charge is -2.25. The first-order valence-corrected chi connectivity index (χ1v) is 10.0. The van der Waals surface area contributed by atoms with E-state index in [0.29, 0.717) is 18.7 Å².